The van der Waals surface area contributed by atoms with Gasteiger partial charge in [-0.3, -0.25) is 4.79 Å². The molecule has 0 aliphatic carbocycles. The average Bonchev–Trinajstić information content (AvgIpc) is 1.91. The van der Waals surface area contributed by atoms with Gasteiger partial charge < -0.3 is 15.9 Å². The second-order valence-electron chi connectivity index (χ2n) is 1.13. The summed E-state index contributed by atoms with van der Waals surface area (Å²) in [7, 11) is 0. The number of rotatable bonds is 2. The van der Waals surface area contributed by atoms with Crippen LogP contribution >= 0.6 is 0 Å². The van der Waals surface area contributed by atoms with Crippen LogP contribution in [0.15, 0.2) is 0 Å². The maximum Gasteiger partial charge on any atom is 0.322 e. The normalized spacial score (nSPS) is 10.9. The van der Waals surface area contributed by atoms with Crippen molar-refractivity contribution in [2.75, 3.05) is 6.61 Å². The Kier molecular flexibility index (Phi) is 9.25. The molecule has 4 N–H and O–H groups in total. The molecule has 0 aromatic heterocycles. The Morgan fingerprint density at radius 1 is 1.67 bits per heavy atom. The van der Waals surface area contributed by atoms with E-state index in [4.69, 9.17) is 20.2 Å². The fourth-order valence-electron chi connectivity index (χ4n) is 0.0781. The number of aliphatic carboxylic acids is 1. The molecule has 0 amide bonds. The summed E-state index contributed by atoms with van der Waals surface area (Å²) >= 11 is 2.83. The van der Waals surface area contributed by atoms with Gasteiger partial charge in [-0.2, -0.15) is 4.21 Å². The van der Waals surface area contributed by atoms with Crippen LogP contribution < -0.4 is 5.73 Å². The van der Waals surface area contributed by atoms with Gasteiger partial charge >= 0.3 is 5.97 Å². The van der Waals surface area contributed by atoms with Crippen LogP contribution in [0.4, 0.5) is 0 Å². The maximum atomic E-state index is 9.65. The number of carboxylic acids is 1. The van der Waals surface area contributed by atoms with Gasteiger partial charge in [0.05, 0.1) is 6.61 Å². The molecule has 6 heteroatoms. The van der Waals surface area contributed by atoms with E-state index in [9.17, 15) is 4.79 Å². The number of hydrogen-bond donors (Lipinski definition) is 3. The molecule has 0 rings (SSSR count). The molecule has 1 atom stereocenters. The molecule has 0 radical (unpaired) electrons. The predicted octanol–water partition coefficient (Wildman–Crippen LogP) is -1.95. The minimum atomic E-state index is -1.18. The molecule has 0 saturated carbocycles. The lowest BCUT2D eigenvalue weighted by atomic mass is 10.3. The molecule has 0 aliphatic heterocycles. The SMILES string of the molecule is N[C@@H](CO)C(=O)O.O=S. The summed E-state index contributed by atoms with van der Waals surface area (Å²) in [4.78, 5) is 9.65. The summed E-state index contributed by atoms with van der Waals surface area (Å²) in [5, 5.41) is 15.9. The first-order valence-electron chi connectivity index (χ1n) is 1.94. The number of hydrogen-bond acceptors (Lipinski definition) is 5. The molecule has 0 fully saturated rings. The minimum Gasteiger partial charge on any atom is -0.480 e. The summed E-state index contributed by atoms with van der Waals surface area (Å²) in [5.41, 5.74) is 4.77. The summed E-state index contributed by atoms with van der Waals surface area (Å²) < 4.78 is 7.83. The molecule has 0 saturated heterocycles. The van der Waals surface area contributed by atoms with Crippen LogP contribution in [0.1, 0.15) is 0 Å². The fraction of sp³-hybridized carbons (Fsp3) is 0.667. The van der Waals surface area contributed by atoms with Crippen molar-refractivity contribution in [3.63, 3.8) is 0 Å². The second-order valence-corrected chi connectivity index (χ2v) is 1.13. The van der Waals surface area contributed by atoms with Gasteiger partial charge in [-0.05, 0) is 0 Å². The largest absolute Gasteiger partial charge is 0.480 e. The molecule has 0 unspecified atom stereocenters. The molecule has 0 heterocycles. The summed E-state index contributed by atoms with van der Waals surface area (Å²) in [6, 6.07) is -1.13. The molecule has 0 spiro atoms. The van der Waals surface area contributed by atoms with Crippen molar-refractivity contribution in [2.24, 2.45) is 5.73 Å². The zero-order valence-corrected chi connectivity index (χ0v) is 5.30. The monoisotopic (exact) mass is 153 g/mol. The van der Waals surface area contributed by atoms with Crippen molar-refractivity contribution in [1.29, 1.82) is 0 Å². The lowest BCUT2D eigenvalue weighted by molar-refractivity contribution is -0.139. The van der Waals surface area contributed by atoms with Crippen LogP contribution in [-0.4, -0.2) is 33.0 Å². The molecule has 5 nitrogen and oxygen atoms in total. The van der Waals surface area contributed by atoms with Crippen molar-refractivity contribution >= 4 is 18.5 Å². The summed E-state index contributed by atoms with van der Waals surface area (Å²) in [5.74, 6) is -1.18. The van der Waals surface area contributed by atoms with Crippen LogP contribution in [0.25, 0.3) is 0 Å². The lowest BCUT2D eigenvalue weighted by Crippen LogP contribution is -2.33. The Bertz CT molecular complexity index is 87.9. The van der Waals surface area contributed by atoms with E-state index in [2.05, 4.69) is 12.5 Å². The molecular weight excluding hydrogens is 146 g/mol. The maximum absolute atomic E-state index is 9.65. The highest BCUT2D eigenvalue weighted by Gasteiger charge is 2.06. The van der Waals surface area contributed by atoms with Crippen molar-refractivity contribution in [1.82, 2.24) is 0 Å². The van der Waals surface area contributed by atoms with Gasteiger partial charge in [0.15, 0.2) is 12.5 Å². The van der Waals surface area contributed by atoms with E-state index < -0.39 is 18.6 Å². The molecule has 0 aromatic rings. The molecule has 0 aromatic carbocycles. The molecule has 0 bridgehead atoms. The Morgan fingerprint density at radius 3 is 2.00 bits per heavy atom. The third-order valence-electron chi connectivity index (χ3n) is 0.514. The third-order valence-corrected chi connectivity index (χ3v) is 0.514. The number of carboxylic acid groups (broad SMARTS) is 1. The Balaban J connectivity index is 0. The average molecular weight is 153 g/mol. The number of carbonyl (C=O) groups is 1. The first kappa shape index (κ1) is 11.2. The standard InChI is InChI=1S/C3H7NO3.OS/c4-2(1-5)3(6)7;1-2/h2,5H,1,4H2,(H,6,7);/t2-;/m0./s1. The second kappa shape index (κ2) is 7.41. The van der Waals surface area contributed by atoms with Gasteiger partial charge in [-0.25, -0.2) is 0 Å². The van der Waals surface area contributed by atoms with E-state index in [-0.39, 0.29) is 0 Å². The predicted molar refractivity (Wildman–Crippen MR) is 30.8 cm³/mol. The van der Waals surface area contributed by atoms with Crippen LogP contribution in [-0.2, 0) is 17.3 Å². The first-order valence-corrected chi connectivity index (χ1v) is 2.27. The van der Waals surface area contributed by atoms with E-state index in [1.165, 1.54) is 0 Å². The van der Waals surface area contributed by atoms with Crippen LogP contribution in [0.2, 0.25) is 0 Å². The third kappa shape index (κ3) is 7.41. The van der Waals surface area contributed by atoms with E-state index in [1.807, 2.05) is 0 Å². The molecular formula is C3H7NO4S. The van der Waals surface area contributed by atoms with Gasteiger partial charge in [-0.15, -0.1) is 0 Å². The Morgan fingerprint density at radius 2 is 2.00 bits per heavy atom. The van der Waals surface area contributed by atoms with Gasteiger partial charge in [0.2, 0.25) is 0 Å². The number of nitrogens with two attached hydrogens (primary N) is 1. The fourth-order valence-corrected chi connectivity index (χ4v) is 0.0781. The number of aliphatic hydroxyl groups excluding tert-OH is 1. The van der Waals surface area contributed by atoms with Crippen molar-refractivity contribution < 1.29 is 19.2 Å². The minimum absolute atomic E-state index is 0.505. The quantitative estimate of drug-likeness (QED) is 0.426. The van der Waals surface area contributed by atoms with Gasteiger partial charge in [0, 0.05) is 0 Å². The van der Waals surface area contributed by atoms with Gasteiger partial charge in [0.1, 0.15) is 6.04 Å². The summed E-state index contributed by atoms with van der Waals surface area (Å²) in [6.45, 7) is -0.505. The highest BCUT2D eigenvalue weighted by atomic mass is 32.1. The molecule has 9 heavy (non-hydrogen) atoms. The highest BCUT2D eigenvalue weighted by Crippen LogP contribution is 1.71. The van der Waals surface area contributed by atoms with E-state index in [0.717, 1.165) is 0 Å². The Labute approximate surface area is 57.0 Å². The topological polar surface area (TPSA) is 101 Å². The lowest BCUT2D eigenvalue weighted by Gasteiger charge is -1.96. The zero-order valence-electron chi connectivity index (χ0n) is 4.48. The van der Waals surface area contributed by atoms with Crippen molar-refractivity contribution in [3.8, 4) is 0 Å². The van der Waals surface area contributed by atoms with Gasteiger partial charge in [0.25, 0.3) is 0 Å². The van der Waals surface area contributed by atoms with Gasteiger partial charge in [-0.1, -0.05) is 0 Å². The zero-order chi connectivity index (χ0) is 7.86. The first-order chi connectivity index (χ1) is 4.18. The summed E-state index contributed by atoms with van der Waals surface area (Å²) in [6.07, 6.45) is 0. The van der Waals surface area contributed by atoms with E-state index >= 15 is 0 Å². The van der Waals surface area contributed by atoms with Crippen LogP contribution in [0.3, 0.4) is 0 Å². The van der Waals surface area contributed by atoms with Crippen molar-refractivity contribution in [2.45, 2.75) is 6.04 Å². The highest BCUT2D eigenvalue weighted by molar-refractivity contribution is 7.44. The van der Waals surface area contributed by atoms with Crippen LogP contribution in [0.5, 0.6) is 0 Å². The smallest absolute Gasteiger partial charge is 0.322 e. The Hall–Kier alpha value is -0.590. The van der Waals surface area contributed by atoms with Crippen molar-refractivity contribution in [3.05, 3.63) is 0 Å². The van der Waals surface area contributed by atoms with Crippen LogP contribution in [0, 0.1) is 0 Å². The van der Waals surface area contributed by atoms with E-state index in [0.29, 0.717) is 0 Å². The molecule has 0 aliphatic rings. The van der Waals surface area contributed by atoms with E-state index in [1.54, 1.807) is 0 Å². The number of aliphatic hydroxyl groups is 1. The molecule has 54 valence electrons.